The van der Waals surface area contributed by atoms with Crippen molar-refractivity contribution in [3.05, 3.63) is 23.3 Å². The topological polar surface area (TPSA) is 101 Å². The number of amides is 1. The third-order valence-electron chi connectivity index (χ3n) is 4.13. The number of rotatable bonds is 5. The van der Waals surface area contributed by atoms with Crippen LogP contribution in [0.2, 0.25) is 0 Å². The van der Waals surface area contributed by atoms with Crippen molar-refractivity contribution in [2.45, 2.75) is 50.5 Å². The summed E-state index contributed by atoms with van der Waals surface area (Å²) < 4.78 is 23.0. The first-order valence-corrected chi connectivity index (χ1v) is 8.99. The average Bonchev–Trinajstić information content (AvgIpc) is 2.93. The van der Waals surface area contributed by atoms with E-state index in [2.05, 4.69) is 10.6 Å². The molecule has 0 radical (unpaired) electrons. The van der Waals surface area contributed by atoms with Crippen LogP contribution >= 0.6 is 12.4 Å². The Hall–Kier alpha value is -1.15. The number of nitrogens with two attached hydrogens (primary N) is 1. The van der Waals surface area contributed by atoms with E-state index in [1.807, 2.05) is 6.92 Å². The Kier molecular flexibility index (Phi) is 7.01. The quantitative estimate of drug-likeness (QED) is 0.744. The summed E-state index contributed by atoms with van der Waals surface area (Å²) in [5.74, 6) is -0.109. The van der Waals surface area contributed by atoms with Gasteiger partial charge in [0.1, 0.15) is 0 Å². The second-order valence-electron chi connectivity index (χ2n) is 5.84. The van der Waals surface area contributed by atoms with Crippen LogP contribution in [-0.2, 0) is 14.8 Å². The van der Waals surface area contributed by atoms with Crippen LogP contribution in [0.25, 0.3) is 0 Å². The van der Waals surface area contributed by atoms with Gasteiger partial charge in [0, 0.05) is 18.2 Å². The van der Waals surface area contributed by atoms with Gasteiger partial charge in [-0.3, -0.25) is 4.79 Å². The summed E-state index contributed by atoms with van der Waals surface area (Å²) in [4.78, 5) is 12.1. The minimum Gasteiger partial charge on any atom is -0.326 e. The number of hydrogen-bond donors (Lipinski definition) is 3. The zero-order chi connectivity index (χ0) is 16.3. The molecule has 0 aliphatic carbocycles. The Morgan fingerprint density at radius 3 is 2.65 bits per heavy atom. The van der Waals surface area contributed by atoms with E-state index in [0.717, 1.165) is 36.9 Å². The lowest BCUT2D eigenvalue weighted by molar-refractivity contribution is -0.116. The van der Waals surface area contributed by atoms with Gasteiger partial charge in [-0.2, -0.15) is 0 Å². The van der Waals surface area contributed by atoms with E-state index in [1.54, 1.807) is 6.92 Å². The van der Waals surface area contributed by atoms with E-state index in [9.17, 15) is 13.2 Å². The molecule has 0 spiro atoms. The second-order valence-corrected chi connectivity index (χ2v) is 7.40. The standard InChI is InChI=1S/C15H23N3O3S.ClH/c1-10-8-13(22(16,20)21)9-14(11(10)2)18-15(19)6-5-12-4-3-7-17-12;/h8-9,12,17H,3-7H2,1-2H3,(H,18,19)(H2,16,20,21);1H. The third kappa shape index (κ3) is 5.46. The molecule has 1 amide bonds. The fourth-order valence-corrected chi connectivity index (χ4v) is 3.26. The number of hydrogen-bond acceptors (Lipinski definition) is 4. The van der Waals surface area contributed by atoms with Crippen molar-refractivity contribution in [3.8, 4) is 0 Å². The molecule has 1 fully saturated rings. The number of sulfonamides is 1. The molecule has 2 rings (SSSR count). The van der Waals surface area contributed by atoms with Crippen LogP contribution < -0.4 is 15.8 Å². The number of aryl methyl sites for hydroxylation is 1. The lowest BCUT2D eigenvalue weighted by Crippen LogP contribution is -2.24. The van der Waals surface area contributed by atoms with Crippen LogP contribution in [0.1, 0.15) is 36.8 Å². The highest BCUT2D eigenvalue weighted by atomic mass is 35.5. The highest BCUT2D eigenvalue weighted by Gasteiger charge is 2.17. The van der Waals surface area contributed by atoms with Crippen molar-refractivity contribution in [3.63, 3.8) is 0 Å². The van der Waals surface area contributed by atoms with E-state index in [-0.39, 0.29) is 23.2 Å². The Labute approximate surface area is 143 Å². The maximum Gasteiger partial charge on any atom is 0.238 e. The van der Waals surface area contributed by atoms with Gasteiger partial charge in [0.15, 0.2) is 0 Å². The minimum absolute atomic E-state index is 0. The zero-order valence-corrected chi connectivity index (χ0v) is 15.0. The Morgan fingerprint density at radius 2 is 2.09 bits per heavy atom. The van der Waals surface area contributed by atoms with Gasteiger partial charge < -0.3 is 10.6 Å². The predicted molar refractivity (Wildman–Crippen MR) is 93.4 cm³/mol. The highest BCUT2D eigenvalue weighted by molar-refractivity contribution is 7.89. The van der Waals surface area contributed by atoms with E-state index < -0.39 is 10.0 Å². The van der Waals surface area contributed by atoms with Gasteiger partial charge >= 0.3 is 0 Å². The lowest BCUT2D eigenvalue weighted by Gasteiger charge is -2.14. The van der Waals surface area contributed by atoms with Gasteiger partial charge in [-0.15, -0.1) is 12.4 Å². The molecule has 8 heteroatoms. The first kappa shape index (κ1) is 19.9. The summed E-state index contributed by atoms with van der Waals surface area (Å²) in [6.07, 6.45) is 3.46. The van der Waals surface area contributed by atoms with Crippen LogP contribution in [0, 0.1) is 13.8 Å². The number of carbonyl (C=O) groups excluding carboxylic acids is 1. The van der Waals surface area contributed by atoms with Crippen molar-refractivity contribution >= 4 is 34.0 Å². The first-order valence-electron chi connectivity index (χ1n) is 7.44. The molecule has 0 saturated carbocycles. The normalized spacial score (nSPS) is 17.6. The fourth-order valence-electron chi connectivity index (χ4n) is 2.64. The molecule has 1 aromatic carbocycles. The van der Waals surface area contributed by atoms with Crippen molar-refractivity contribution in [1.82, 2.24) is 5.32 Å². The maximum atomic E-state index is 12.1. The first-order chi connectivity index (χ1) is 10.3. The Morgan fingerprint density at radius 1 is 1.39 bits per heavy atom. The molecule has 1 aliphatic rings. The molecule has 4 N–H and O–H groups in total. The number of nitrogens with one attached hydrogen (secondary N) is 2. The molecule has 1 unspecified atom stereocenters. The summed E-state index contributed by atoms with van der Waals surface area (Å²) in [5.41, 5.74) is 2.13. The second kappa shape index (κ2) is 8.10. The van der Waals surface area contributed by atoms with Crippen molar-refractivity contribution < 1.29 is 13.2 Å². The van der Waals surface area contributed by atoms with E-state index >= 15 is 0 Å². The maximum absolute atomic E-state index is 12.1. The summed E-state index contributed by atoms with van der Waals surface area (Å²) in [6.45, 7) is 4.65. The molecule has 1 heterocycles. The number of anilines is 1. The Balaban J connectivity index is 0.00000264. The monoisotopic (exact) mass is 361 g/mol. The van der Waals surface area contributed by atoms with Crippen LogP contribution in [-0.4, -0.2) is 26.9 Å². The summed E-state index contributed by atoms with van der Waals surface area (Å²) in [5, 5.41) is 11.3. The number of primary sulfonamides is 1. The molecule has 130 valence electrons. The lowest BCUT2D eigenvalue weighted by atomic mass is 10.1. The molecular formula is C15H24ClN3O3S. The SMILES string of the molecule is Cc1cc(S(N)(=O)=O)cc(NC(=O)CCC2CCCN2)c1C.Cl. The van der Waals surface area contributed by atoms with Crippen molar-refractivity contribution in [1.29, 1.82) is 0 Å². The van der Waals surface area contributed by atoms with E-state index in [1.165, 1.54) is 12.1 Å². The molecule has 1 aromatic rings. The van der Waals surface area contributed by atoms with Gasteiger partial charge in [-0.25, -0.2) is 13.6 Å². The van der Waals surface area contributed by atoms with Gasteiger partial charge in [0.2, 0.25) is 15.9 Å². The molecule has 0 aromatic heterocycles. The van der Waals surface area contributed by atoms with Gasteiger partial charge in [0.05, 0.1) is 4.90 Å². The van der Waals surface area contributed by atoms with Gasteiger partial charge in [-0.1, -0.05) is 0 Å². The summed E-state index contributed by atoms with van der Waals surface area (Å²) in [7, 11) is -3.79. The Bertz CT molecular complexity index is 671. The number of halogens is 1. The highest BCUT2D eigenvalue weighted by Crippen LogP contribution is 2.24. The minimum atomic E-state index is -3.79. The number of benzene rings is 1. The summed E-state index contributed by atoms with van der Waals surface area (Å²) >= 11 is 0. The zero-order valence-electron chi connectivity index (χ0n) is 13.4. The van der Waals surface area contributed by atoms with Crippen LogP contribution in [0.4, 0.5) is 5.69 Å². The van der Waals surface area contributed by atoms with Crippen LogP contribution in [0.5, 0.6) is 0 Å². The largest absolute Gasteiger partial charge is 0.326 e. The molecule has 1 aliphatic heterocycles. The number of carbonyl (C=O) groups is 1. The molecule has 0 bridgehead atoms. The molecular weight excluding hydrogens is 338 g/mol. The van der Waals surface area contributed by atoms with E-state index in [0.29, 0.717) is 18.2 Å². The molecule has 1 saturated heterocycles. The van der Waals surface area contributed by atoms with Crippen molar-refractivity contribution in [2.75, 3.05) is 11.9 Å². The van der Waals surface area contributed by atoms with E-state index in [4.69, 9.17) is 5.14 Å². The van der Waals surface area contributed by atoms with Crippen LogP contribution in [0.3, 0.4) is 0 Å². The summed E-state index contributed by atoms with van der Waals surface area (Å²) in [6, 6.07) is 3.34. The van der Waals surface area contributed by atoms with Crippen molar-refractivity contribution in [2.24, 2.45) is 5.14 Å². The van der Waals surface area contributed by atoms with Gasteiger partial charge in [0.25, 0.3) is 0 Å². The molecule has 6 nitrogen and oxygen atoms in total. The predicted octanol–water partition coefficient (Wildman–Crippen LogP) is 1.84. The fraction of sp³-hybridized carbons (Fsp3) is 0.533. The molecule has 1 atom stereocenters. The average molecular weight is 362 g/mol. The van der Waals surface area contributed by atoms with Gasteiger partial charge in [-0.05, 0) is 62.9 Å². The third-order valence-corrected chi connectivity index (χ3v) is 5.02. The smallest absolute Gasteiger partial charge is 0.238 e. The van der Waals surface area contributed by atoms with Crippen LogP contribution in [0.15, 0.2) is 17.0 Å². The molecule has 23 heavy (non-hydrogen) atoms.